The van der Waals surface area contributed by atoms with Gasteiger partial charge in [-0.25, -0.2) is 0 Å². The molecule has 1 fully saturated rings. The van der Waals surface area contributed by atoms with Crippen molar-refractivity contribution in [2.24, 2.45) is 55.2 Å². The number of methoxy groups -OCH3 is 1. The summed E-state index contributed by atoms with van der Waals surface area (Å²) >= 11 is 1.89. The summed E-state index contributed by atoms with van der Waals surface area (Å²) < 4.78 is 5.76. The number of azide groups is 1. The fourth-order valence-electron chi connectivity index (χ4n) is 10.2. The smallest absolute Gasteiger partial charge is 0.245 e. The molecule has 0 unspecified atom stereocenters. The maximum absolute atomic E-state index is 14.8. The first-order valence-corrected chi connectivity index (χ1v) is 31.5. The van der Waals surface area contributed by atoms with Gasteiger partial charge >= 0.3 is 0 Å². The Morgan fingerprint density at radius 3 is 1.66 bits per heavy atom. The molecule has 33 nitrogen and oxygen atoms in total. The maximum atomic E-state index is 14.8. The van der Waals surface area contributed by atoms with Crippen molar-refractivity contribution in [2.75, 3.05) is 26.7 Å². The number of nitrogens with two attached hydrogens (primary N) is 7. The summed E-state index contributed by atoms with van der Waals surface area (Å²) in [5.41, 5.74) is 50.4. The lowest BCUT2D eigenvalue weighted by atomic mass is 10.0. The number of rotatable bonds is 38. The molecule has 96 heavy (non-hydrogen) atoms. The highest BCUT2D eigenvalue weighted by molar-refractivity contribution is 14.1. The van der Waals surface area contributed by atoms with E-state index in [1.165, 1.54) is 30.2 Å². The van der Waals surface area contributed by atoms with Gasteiger partial charge in [-0.1, -0.05) is 77.9 Å². The first-order valence-electron chi connectivity index (χ1n) is 30.4. The van der Waals surface area contributed by atoms with Crippen LogP contribution in [0.1, 0.15) is 80.0 Å². The zero-order valence-electron chi connectivity index (χ0n) is 52.6. The first-order chi connectivity index (χ1) is 45.7. The molecule has 0 spiro atoms. The van der Waals surface area contributed by atoms with Crippen molar-refractivity contribution < 1.29 is 62.6 Å². The van der Waals surface area contributed by atoms with Crippen molar-refractivity contribution in [3.8, 4) is 11.5 Å². The van der Waals surface area contributed by atoms with E-state index < -0.39 is 133 Å². The molecule has 1 aliphatic heterocycles. The molecule has 1 saturated heterocycles. The van der Waals surface area contributed by atoms with Gasteiger partial charge in [0.05, 0.1) is 23.5 Å². The van der Waals surface area contributed by atoms with Gasteiger partial charge in [0, 0.05) is 55.9 Å². The fourth-order valence-corrected chi connectivity index (χ4v) is 10.8. The van der Waals surface area contributed by atoms with Crippen LogP contribution < -0.4 is 82.1 Å². The summed E-state index contributed by atoms with van der Waals surface area (Å²) in [6.45, 7) is -0.0432. The molecule has 1 aliphatic rings. The van der Waals surface area contributed by atoms with E-state index >= 15 is 0 Å². The Hall–Kier alpha value is -10.8. The van der Waals surface area contributed by atoms with Crippen LogP contribution in [0.25, 0.3) is 10.4 Å². The van der Waals surface area contributed by atoms with E-state index in [-0.39, 0.29) is 102 Å². The fraction of sp³-hybridized carbons (Fsp3) is 0.403. The molecular formula is C62H81IN20O13. The van der Waals surface area contributed by atoms with Crippen LogP contribution in [0.15, 0.2) is 112 Å². The van der Waals surface area contributed by atoms with Gasteiger partial charge < -0.3 is 92.1 Å². The average molecular weight is 1440 g/mol. The number of nitrogens with zero attached hydrogens (tertiary/aromatic N) is 6. The molecule has 11 amide bonds. The van der Waals surface area contributed by atoms with Crippen LogP contribution in [-0.2, 0) is 78.4 Å². The molecule has 0 saturated carbocycles. The molecule has 0 bridgehead atoms. The molecule has 1 heterocycles. The predicted octanol–water partition coefficient (Wildman–Crippen LogP) is -1.66. The van der Waals surface area contributed by atoms with Gasteiger partial charge in [0.2, 0.25) is 65.0 Å². The normalized spacial score (nSPS) is 14.5. The lowest BCUT2D eigenvalue weighted by molar-refractivity contribution is -0.143. The van der Waals surface area contributed by atoms with Crippen molar-refractivity contribution >= 4 is 105 Å². The highest BCUT2D eigenvalue weighted by atomic mass is 127. The number of benzene rings is 4. The second-order valence-corrected chi connectivity index (χ2v) is 23.6. The van der Waals surface area contributed by atoms with Crippen LogP contribution in [0.4, 0.5) is 5.69 Å². The van der Waals surface area contributed by atoms with Gasteiger partial charge in [0.1, 0.15) is 59.8 Å². The van der Waals surface area contributed by atoms with Gasteiger partial charge in [-0.15, -0.1) is 0 Å². The largest absolute Gasteiger partial charge is 0.507 e. The zero-order valence-corrected chi connectivity index (χ0v) is 54.8. The van der Waals surface area contributed by atoms with Crippen molar-refractivity contribution in [1.82, 2.24) is 42.1 Å². The minimum atomic E-state index is -1.88. The minimum absolute atomic E-state index is 0.00647. The standard InChI is InChI=1S/C62H81IN20O13/c1-96-39-20-15-35(16-21-39)30-45(74-52(87)32-36-13-18-38(19-14-36)81-82-71)56(91)79-46(29-34-8-3-2-4-9-34)57(92)75-42(22-24-50(64)85)55(90)80-47(33-51(65)86)58(93)77-43(11-6-26-73-62(69)70)60(95)83-27-7-12-48(83)59(94)76-41(10-5-25-72-61(67)68)54(89)78-44(53(66)88)31-37-17-23-49(84)40(63)28-37/h2-4,8-9,13-21,23,28,41-48,84H,5-7,10-12,22,24-27,29-33H2,1H3,(H2,64,85)(H2,65,86)(H2,66,88)(H,74,87)(H,75,92)(H,76,94)(H,77,93)(H,78,89)(H,79,91)(H,80,90)(H4,67,68,72)(H4,69,70,73)/t41-,42-,43-,44-,45+,46-,47-,48-/m0/s1. The number of guanidine groups is 2. The van der Waals surface area contributed by atoms with E-state index in [1.807, 2.05) is 22.6 Å². The zero-order chi connectivity index (χ0) is 70.4. The van der Waals surface area contributed by atoms with Crippen LogP contribution in [0.5, 0.6) is 11.5 Å². The molecule has 0 radical (unpaired) electrons. The van der Waals surface area contributed by atoms with Crippen molar-refractivity contribution in [2.45, 2.75) is 132 Å². The third kappa shape index (κ3) is 25.6. The summed E-state index contributed by atoms with van der Waals surface area (Å²) in [5.74, 6) is -10.1. The van der Waals surface area contributed by atoms with Gasteiger partial charge in [0.15, 0.2) is 11.9 Å². The number of carbonyl (C=O) groups is 11. The summed E-state index contributed by atoms with van der Waals surface area (Å²) in [7, 11) is 1.47. The summed E-state index contributed by atoms with van der Waals surface area (Å²) in [5, 5.41) is 31.8. The third-order valence-electron chi connectivity index (χ3n) is 15.1. The van der Waals surface area contributed by atoms with E-state index in [2.05, 4.69) is 57.2 Å². The Kier molecular flexibility index (Phi) is 30.4. The number of aromatic hydroxyl groups is 1. The Morgan fingerprint density at radius 1 is 0.594 bits per heavy atom. The maximum Gasteiger partial charge on any atom is 0.245 e. The van der Waals surface area contributed by atoms with E-state index in [0.29, 0.717) is 37.3 Å². The number of halogens is 1. The number of hydrogen-bond donors (Lipinski definition) is 15. The van der Waals surface area contributed by atoms with Crippen molar-refractivity contribution in [3.05, 3.63) is 133 Å². The van der Waals surface area contributed by atoms with Crippen LogP contribution in [0.2, 0.25) is 0 Å². The van der Waals surface area contributed by atoms with Gasteiger partial charge in [0.25, 0.3) is 0 Å². The Balaban J connectivity index is 1.40. The Bertz CT molecular complexity index is 3510. The monoisotopic (exact) mass is 1440 g/mol. The molecule has 34 heteroatoms. The number of aliphatic imine (C=N–C) groups is 2. The second-order valence-electron chi connectivity index (χ2n) is 22.4. The van der Waals surface area contributed by atoms with Gasteiger partial charge in [-0.05, 0) is 120 Å². The number of phenolic OH excluding ortho intramolecular Hbond substituents is 1. The number of ether oxygens (including phenoxy) is 1. The Morgan fingerprint density at radius 2 is 1.09 bits per heavy atom. The number of phenols is 1. The molecule has 4 aromatic carbocycles. The second kappa shape index (κ2) is 38.4. The third-order valence-corrected chi connectivity index (χ3v) is 15.9. The van der Waals surface area contributed by atoms with Gasteiger partial charge in [-0.3, -0.25) is 62.7 Å². The molecule has 0 aliphatic carbocycles. The lowest BCUT2D eigenvalue weighted by Crippen LogP contribution is -2.61. The molecule has 8 atom stereocenters. The van der Waals surface area contributed by atoms with Gasteiger partial charge in [-0.2, -0.15) is 0 Å². The highest BCUT2D eigenvalue weighted by Crippen LogP contribution is 2.23. The minimum Gasteiger partial charge on any atom is -0.507 e. The number of likely N-dealkylation sites (tertiary alicyclic amines) is 1. The number of primary amides is 3. The summed E-state index contributed by atoms with van der Waals surface area (Å²) in [4.78, 5) is 165. The lowest BCUT2D eigenvalue weighted by Gasteiger charge is -2.31. The summed E-state index contributed by atoms with van der Waals surface area (Å²) in [6, 6.07) is 14.0. The van der Waals surface area contributed by atoms with Crippen LogP contribution >= 0.6 is 22.6 Å². The molecule has 5 rings (SSSR count). The topological polar surface area (TPSA) is 560 Å². The average Bonchev–Trinajstić information content (AvgIpc) is 1.63. The van der Waals surface area contributed by atoms with Crippen LogP contribution in [0, 0.1) is 3.57 Å². The number of carbonyl (C=O) groups excluding carboxylic acids is 11. The number of hydrogen-bond acceptors (Lipinski definition) is 16. The quantitative estimate of drug-likeness (QED) is 0.00454. The molecule has 22 N–H and O–H groups in total. The van der Waals surface area contributed by atoms with Crippen LogP contribution in [-0.4, -0.2) is 162 Å². The van der Waals surface area contributed by atoms with E-state index in [0.717, 1.165) is 0 Å². The molecule has 514 valence electrons. The van der Waals surface area contributed by atoms with Crippen molar-refractivity contribution in [3.63, 3.8) is 0 Å². The highest BCUT2D eigenvalue weighted by Gasteiger charge is 2.41. The van der Waals surface area contributed by atoms with Crippen molar-refractivity contribution in [1.29, 1.82) is 0 Å². The summed E-state index contributed by atoms with van der Waals surface area (Å²) in [6.07, 6.45) is -2.18. The van der Waals surface area contributed by atoms with E-state index in [4.69, 9.17) is 50.4 Å². The van der Waals surface area contributed by atoms with E-state index in [9.17, 15) is 57.8 Å². The molecule has 0 aromatic heterocycles. The van der Waals surface area contributed by atoms with Crippen LogP contribution in [0.3, 0.4) is 0 Å². The SMILES string of the molecule is COc1ccc(C[C@@H](NC(=O)Cc2ccc(N=[N+]=[N-])cc2)C(=O)N[C@@H](Cc2ccccc2)C(=O)N[C@@H](CCC(N)=O)C(=O)N[C@@H](CC(N)=O)C(=O)N[C@@H](CCCN=C(N)N)C(=O)N2CCC[C@H]2C(=O)N[C@@H](CCCN=C(N)N)C(=O)N[C@@H](Cc2ccc(O)c(I)c2)C(N)=O)cc1. The number of amides is 11. The predicted molar refractivity (Wildman–Crippen MR) is 360 cm³/mol. The first kappa shape index (κ1) is 75.9. The molecular weight excluding hydrogens is 1360 g/mol. The molecule has 4 aromatic rings. The van der Waals surface area contributed by atoms with E-state index in [1.54, 1.807) is 78.9 Å². The Labute approximate surface area is 565 Å². The number of nitrogens with one attached hydrogen (secondary N) is 7.